The van der Waals surface area contributed by atoms with Gasteiger partial charge in [0.15, 0.2) is 17.6 Å². The van der Waals surface area contributed by atoms with Gasteiger partial charge in [0, 0.05) is 17.1 Å². The average molecular weight is 205 g/mol. The second kappa shape index (κ2) is 3.17. The Morgan fingerprint density at radius 2 is 2.33 bits per heavy atom. The maximum absolute atomic E-state index is 9.03. The molecule has 1 aromatic heterocycles. The Morgan fingerprint density at radius 1 is 1.40 bits per heavy atom. The lowest BCUT2D eigenvalue weighted by Crippen LogP contribution is -2.32. The van der Waals surface area contributed by atoms with Crippen molar-refractivity contribution in [1.82, 2.24) is 4.98 Å². The molecule has 15 heavy (non-hydrogen) atoms. The van der Waals surface area contributed by atoms with Gasteiger partial charge in [0.05, 0.1) is 6.61 Å². The first-order chi connectivity index (χ1) is 7.38. The third-order valence-corrected chi connectivity index (χ3v) is 2.56. The molecular weight excluding hydrogens is 194 g/mol. The standard InChI is InChI=1S/C11H11NO3/c13-5-7-6-14-10-2-1-9-8(3-4-12-9)11(10)15-7/h1-4,7,12-13H,5-6H2/t7-/m0/s1. The molecule has 0 saturated carbocycles. The maximum Gasteiger partial charge on any atom is 0.171 e. The number of rotatable bonds is 1. The summed E-state index contributed by atoms with van der Waals surface area (Å²) in [7, 11) is 0. The van der Waals surface area contributed by atoms with Gasteiger partial charge < -0.3 is 19.6 Å². The third-order valence-electron chi connectivity index (χ3n) is 2.56. The van der Waals surface area contributed by atoms with Crippen molar-refractivity contribution < 1.29 is 14.6 Å². The fourth-order valence-corrected chi connectivity index (χ4v) is 1.79. The van der Waals surface area contributed by atoms with E-state index in [0.717, 1.165) is 22.4 Å². The Labute approximate surface area is 86.4 Å². The van der Waals surface area contributed by atoms with Gasteiger partial charge >= 0.3 is 0 Å². The van der Waals surface area contributed by atoms with Gasteiger partial charge in [-0.25, -0.2) is 0 Å². The monoisotopic (exact) mass is 205 g/mol. The minimum absolute atomic E-state index is 0.0275. The van der Waals surface area contributed by atoms with E-state index in [9.17, 15) is 0 Å². The van der Waals surface area contributed by atoms with Crippen molar-refractivity contribution in [2.24, 2.45) is 0 Å². The highest BCUT2D eigenvalue weighted by atomic mass is 16.6. The summed E-state index contributed by atoms with van der Waals surface area (Å²) < 4.78 is 11.2. The predicted molar refractivity (Wildman–Crippen MR) is 55.3 cm³/mol. The van der Waals surface area contributed by atoms with Gasteiger partial charge in [-0.15, -0.1) is 0 Å². The number of fused-ring (bicyclic) bond motifs is 3. The van der Waals surface area contributed by atoms with Gasteiger partial charge in [-0.2, -0.15) is 0 Å². The minimum atomic E-state index is -0.266. The summed E-state index contributed by atoms with van der Waals surface area (Å²) in [6.45, 7) is 0.375. The van der Waals surface area contributed by atoms with E-state index in [1.54, 1.807) is 0 Å². The Hall–Kier alpha value is -1.68. The van der Waals surface area contributed by atoms with Gasteiger partial charge in [-0.05, 0) is 18.2 Å². The van der Waals surface area contributed by atoms with Crippen LogP contribution in [-0.2, 0) is 0 Å². The minimum Gasteiger partial charge on any atom is -0.486 e. The number of aliphatic hydroxyl groups is 1. The number of aromatic nitrogens is 1. The third kappa shape index (κ3) is 1.26. The highest BCUT2D eigenvalue weighted by Crippen LogP contribution is 2.38. The molecule has 0 saturated heterocycles. The van der Waals surface area contributed by atoms with Crippen LogP contribution >= 0.6 is 0 Å². The Balaban J connectivity index is 2.15. The van der Waals surface area contributed by atoms with E-state index >= 15 is 0 Å². The molecular formula is C11H11NO3. The summed E-state index contributed by atoms with van der Waals surface area (Å²) in [5, 5.41) is 10.0. The van der Waals surface area contributed by atoms with Crippen molar-refractivity contribution in [2.45, 2.75) is 6.10 Å². The molecule has 0 amide bonds. The van der Waals surface area contributed by atoms with Crippen LogP contribution in [0.15, 0.2) is 24.4 Å². The zero-order valence-corrected chi connectivity index (χ0v) is 8.06. The number of hydrogen-bond donors (Lipinski definition) is 2. The fraction of sp³-hybridized carbons (Fsp3) is 0.273. The van der Waals surface area contributed by atoms with Crippen molar-refractivity contribution in [1.29, 1.82) is 0 Å². The first-order valence-corrected chi connectivity index (χ1v) is 4.89. The van der Waals surface area contributed by atoms with Crippen LogP contribution < -0.4 is 9.47 Å². The van der Waals surface area contributed by atoms with Crippen LogP contribution in [0.25, 0.3) is 10.9 Å². The molecule has 0 spiro atoms. The van der Waals surface area contributed by atoms with Crippen LogP contribution in [0, 0.1) is 0 Å². The average Bonchev–Trinajstić information content (AvgIpc) is 2.76. The Morgan fingerprint density at radius 3 is 3.20 bits per heavy atom. The summed E-state index contributed by atoms with van der Waals surface area (Å²) in [4.78, 5) is 3.10. The molecule has 0 unspecified atom stereocenters. The second-order valence-corrected chi connectivity index (χ2v) is 3.57. The SMILES string of the molecule is OC[C@H]1COc2ccc3[nH]ccc3c2O1. The number of H-pyrrole nitrogens is 1. The number of benzene rings is 1. The normalized spacial score (nSPS) is 19.4. The summed E-state index contributed by atoms with van der Waals surface area (Å²) in [6, 6.07) is 5.77. The first kappa shape index (κ1) is 8.61. The molecule has 0 fully saturated rings. The van der Waals surface area contributed by atoms with E-state index in [-0.39, 0.29) is 12.7 Å². The zero-order valence-electron chi connectivity index (χ0n) is 8.06. The number of nitrogens with one attached hydrogen (secondary N) is 1. The van der Waals surface area contributed by atoms with Crippen molar-refractivity contribution >= 4 is 10.9 Å². The van der Waals surface area contributed by atoms with Crippen molar-refractivity contribution in [3.8, 4) is 11.5 Å². The summed E-state index contributed by atoms with van der Waals surface area (Å²) in [5.41, 5.74) is 1.01. The van der Waals surface area contributed by atoms with Crippen LogP contribution in [-0.4, -0.2) is 29.4 Å². The lowest BCUT2D eigenvalue weighted by Gasteiger charge is -2.25. The van der Waals surface area contributed by atoms with Gasteiger partial charge in [0.25, 0.3) is 0 Å². The number of aromatic amines is 1. The smallest absolute Gasteiger partial charge is 0.171 e. The summed E-state index contributed by atoms with van der Waals surface area (Å²) >= 11 is 0. The molecule has 4 nitrogen and oxygen atoms in total. The van der Waals surface area contributed by atoms with Crippen LogP contribution in [0.2, 0.25) is 0 Å². The van der Waals surface area contributed by atoms with E-state index in [1.165, 1.54) is 0 Å². The van der Waals surface area contributed by atoms with Crippen molar-refractivity contribution in [3.05, 3.63) is 24.4 Å². The summed E-state index contributed by atoms with van der Waals surface area (Å²) in [6.07, 6.45) is 1.59. The molecule has 0 bridgehead atoms. The highest BCUT2D eigenvalue weighted by molar-refractivity contribution is 5.88. The van der Waals surface area contributed by atoms with Gasteiger partial charge in [-0.3, -0.25) is 0 Å². The van der Waals surface area contributed by atoms with E-state index in [0.29, 0.717) is 6.61 Å². The number of hydrogen-bond acceptors (Lipinski definition) is 3. The molecule has 2 aromatic rings. The fourth-order valence-electron chi connectivity index (χ4n) is 1.79. The molecule has 0 radical (unpaired) electrons. The highest BCUT2D eigenvalue weighted by Gasteiger charge is 2.22. The molecule has 1 aliphatic rings. The van der Waals surface area contributed by atoms with E-state index < -0.39 is 0 Å². The topological polar surface area (TPSA) is 54.5 Å². The molecule has 1 atom stereocenters. The number of aliphatic hydroxyl groups excluding tert-OH is 1. The first-order valence-electron chi connectivity index (χ1n) is 4.89. The van der Waals surface area contributed by atoms with E-state index in [4.69, 9.17) is 14.6 Å². The Kier molecular flexibility index (Phi) is 1.82. The van der Waals surface area contributed by atoms with Crippen LogP contribution in [0.4, 0.5) is 0 Å². The maximum atomic E-state index is 9.03. The molecule has 3 rings (SSSR count). The van der Waals surface area contributed by atoms with Crippen LogP contribution in [0.1, 0.15) is 0 Å². The van der Waals surface area contributed by atoms with Crippen molar-refractivity contribution in [3.63, 3.8) is 0 Å². The lowest BCUT2D eigenvalue weighted by molar-refractivity contribution is 0.0472. The van der Waals surface area contributed by atoms with Crippen LogP contribution in [0.5, 0.6) is 11.5 Å². The van der Waals surface area contributed by atoms with Crippen molar-refractivity contribution in [2.75, 3.05) is 13.2 Å². The predicted octanol–water partition coefficient (Wildman–Crippen LogP) is 1.30. The second-order valence-electron chi connectivity index (χ2n) is 3.57. The Bertz CT molecular complexity index is 492. The van der Waals surface area contributed by atoms with E-state index in [2.05, 4.69) is 4.98 Å². The molecule has 1 aliphatic heterocycles. The zero-order chi connectivity index (χ0) is 10.3. The largest absolute Gasteiger partial charge is 0.486 e. The molecule has 2 N–H and O–H groups in total. The summed E-state index contributed by atoms with van der Waals surface area (Å²) in [5.74, 6) is 1.46. The van der Waals surface area contributed by atoms with Gasteiger partial charge in [0.1, 0.15) is 6.61 Å². The molecule has 78 valence electrons. The molecule has 4 heteroatoms. The van der Waals surface area contributed by atoms with Gasteiger partial charge in [0.2, 0.25) is 0 Å². The molecule has 2 heterocycles. The van der Waals surface area contributed by atoms with E-state index in [1.807, 2.05) is 24.4 Å². The molecule has 0 aliphatic carbocycles. The lowest BCUT2D eigenvalue weighted by atomic mass is 10.2. The van der Waals surface area contributed by atoms with Gasteiger partial charge in [-0.1, -0.05) is 0 Å². The molecule has 1 aromatic carbocycles. The quantitative estimate of drug-likeness (QED) is 0.737. The van der Waals surface area contributed by atoms with Crippen LogP contribution in [0.3, 0.4) is 0 Å². The number of ether oxygens (including phenoxy) is 2.